The van der Waals surface area contributed by atoms with Crippen molar-refractivity contribution in [3.05, 3.63) is 85.1 Å². The topological polar surface area (TPSA) is 155 Å². The molecule has 0 bridgehead atoms. The van der Waals surface area contributed by atoms with Gasteiger partial charge in [-0.05, 0) is 70.6 Å². The zero-order chi connectivity index (χ0) is 41.2. The van der Waals surface area contributed by atoms with E-state index in [2.05, 4.69) is 50.3 Å². The highest BCUT2D eigenvalue weighted by molar-refractivity contribution is 7.47. The third-order valence-corrected chi connectivity index (χ3v) is 9.34. The molecule has 10 nitrogen and oxygen atoms in total. The fourth-order valence-electron chi connectivity index (χ4n) is 5.21. The highest BCUT2D eigenvalue weighted by Crippen LogP contribution is 2.43. The number of ether oxygens (including phenoxy) is 2. The Bertz CT molecular complexity index is 1210. The van der Waals surface area contributed by atoms with Gasteiger partial charge in [0, 0.05) is 19.4 Å². The van der Waals surface area contributed by atoms with Crippen LogP contribution in [0.2, 0.25) is 0 Å². The van der Waals surface area contributed by atoms with Gasteiger partial charge in [-0.1, -0.05) is 150 Å². The van der Waals surface area contributed by atoms with Crippen LogP contribution in [0.15, 0.2) is 85.1 Å². The van der Waals surface area contributed by atoms with Crippen molar-refractivity contribution in [2.45, 2.75) is 161 Å². The molecular formula is C45H76NO9P. The van der Waals surface area contributed by atoms with Gasteiger partial charge in [-0.2, -0.15) is 0 Å². The first-order chi connectivity index (χ1) is 27.2. The molecule has 2 unspecified atom stereocenters. The maximum Gasteiger partial charge on any atom is 0.472 e. The second kappa shape index (κ2) is 40.4. The van der Waals surface area contributed by atoms with Crippen molar-refractivity contribution >= 4 is 19.8 Å². The SMILES string of the molecule is CC/C=C\CC(O)/C=C/C=C/C/C=C\C/C=C\C/C=C\CCC(=O)OC[C@H](COP(=O)(O)OCCN)OC(=O)CCCCCCCCC/C=C\CCCCCC. The molecule has 0 aromatic rings. The van der Waals surface area contributed by atoms with E-state index in [0.717, 1.165) is 51.4 Å². The summed E-state index contributed by atoms with van der Waals surface area (Å²) < 4.78 is 32.6. The molecule has 4 N–H and O–H groups in total. The number of esters is 2. The quantitative estimate of drug-likeness (QED) is 0.0180. The lowest BCUT2D eigenvalue weighted by Gasteiger charge is -2.19. The van der Waals surface area contributed by atoms with Crippen LogP contribution in [-0.4, -0.2) is 60.5 Å². The van der Waals surface area contributed by atoms with Crippen molar-refractivity contribution in [2.24, 2.45) is 5.73 Å². The molecule has 0 saturated heterocycles. The highest BCUT2D eigenvalue weighted by Gasteiger charge is 2.25. The average Bonchev–Trinajstić information content (AvgIpc) is 3.18. The number of aliphatic hydroxyl groups excluding tert-OH is 1. The van der Waals surface area contributed by atoms with E-state index >= 15 is 0 Å². The number of phosphoric acid groups is 1. The molecule has 0 saturated carbocycles. The van der Waals surface area contributed by atoms with Crippen molar-refractivity contribution in [1.29, 1.82) is 0 Å². The molecule has 0 aromatic heterocycles. The van der Waals surface area contributed by atoms with E-state index in [4.69, 9.17) is 24.3 Å². The zero-order valence-corrected chi connectivity index (χ0v) is 35.6. The molecule has 0 radical (unpaired) electrons. The van der Waals surface area contributed by atoms with E-state index in [1.54, 1.807) is 6.08 Å². The van der Waals surface area contributed by atoms with Crippen LogP contribution >= 0.6 is 7.82 Å². The fraction of sp³-hybridized carbons (Fsp3) is 0.644. The molecule has 0 aliphatic heterocycles. The van der Waals surface area contributed by atoms with Crippen LogP contribution in [0.4, 0.5) is 0 Å². The van der Waals surface area contributed by atoms with Gasteiger partial charge in [0.05, 0.1) is 19.3 Å². The van der Waals surface area contributed by atoms with Crippen molar-refractivity contribution in [3.8, 4) is 0 Å². The Morgan fingerprint density at radius 2 is 1.23 bits per heavy atom. The number of carbonyl (C=O) groups excluding carboxylic acids is 2. The lowest BCUT2D eigenvalue weighted by molar-refractivity contribution is -0.161. The minimum atomic E-state index is -4.41. The minimum absolute atomic E-state index is 0.0329. The van der Waals surface area contributed by atoms with Gasteiger partial charge in [-0.15, -0.1) is 0 Å². The summed E-state index contributed by atoms with van der Waals surface area (Å²) in [6.45, 7) is 3.39. The molecule has 0 heterocycles. The molecule has 0 aromatic carbocycles. The molecule has 320 valence electrons. The van der Waals surface area contributed by atoms with Gasteiger partial charge in [0.25, 0.3) is 0 Å². The predicted molar refractivity (Wildman–Crippen MR) is 230 cm³/mol. The summed E-state index contributed by atoms with van der Waals surface area (Å²) >= 11 is 0. The van der Waals surface area contributed by atoms with Crippen LogP contribution in [0, 0.1) is 0 Å². The number of unbranched alkanes of at least 4 members (excludes halogenated alkanes) is 11. The van der Waals surface area contributed by atoms with E-state index in [1.165, 1.54) is 51.4 Å². The Hall–Kier alpha value is -2.85. The van der Waals surface area contributed by atoms with Crippen LogP contribution in [0.3, 0.4) is 0 Å². The minimum Gasteiger partial charge on any atom is -0.462 e. The summed E-state index contributed by atoms with van der Waals surface area (Å²) in [4.78, 5) is 34.8. The van der Waals surface area contributed by atoms with Crippen LogP contribution < -0.4 is 5.73 Å². The van der Waals surface area contributed by atoms with Crippen molar-refractivity contribution in [1.82, 2.24) is 0 Å². The molecule has 0 spiro atoms. The van der Waals surface area contributed by atoms with Gasteiger partial charge in [0.1, 0.15) is 6.61 Å². The molecule has 0 amide bonds. The van der Waals surface area contributed by atoms with Crippen molar-refractivity contribution in [2.75, 3.05) is 26.4 Å². The molecule has 0 rings (SSSR count). The molecule has 56 heavy (non-hydrogen) atoms. The van der Waals surface area contributed by atoms with Crippen LogP contribution in [0.1, 0.15) is 149 Å². The molecule has 11 heteroatoms. The number of aliphatic hydroxyl groups is 1. The summed E-state index contributed by atoms with van der Waals surface area (Å²) in [6.07, 6.45) is 46.7. The van der Waals surface area contributed by atoms with Gasteiger partial charge >= 0.3 is 19.8 Å². The lowest BCUT2D eigenvalue weighted by Crippen LogP contribution is -2.29. The first-order valence-electron chi connectivity index (χ1n) is 21.2. The highest BCUT2D eigenvalue weighted by atomic mass is 31.2. The number of hydrogen-bond donors (Lipinski definition) is 3. The maximum atomic E-state index is 12.6. The summed E-state index contributed by atoms with van der Waals surface area (Å²) in [5.41, 5.74) is 5.34. The Balaban J connectivity index is 4.35. The van der Waals surface area contributed by atoms with Gasteiger partial charge in [0.15, 0.2) is 6.10 Å². The number of carbonyl (C=O) groups is 2. The maximum absolute atomic E-state index is 12.6. The number of allylic oxidation sites excluding steroid dienone is 12. The van der Waals surface area contributed by atoms with Crippen molar-refractivity contribution < 1.29 is 42.7 Å². The molecular weight excluding hydrogens is 729 g/mol. The number of nitrogens with two attached hydrogens (primary N) is 1. The first kappa shape index (κ1) is 53.1. The van der Waals surface area contributed by atoms with E-state index in [9.17, 15) is 24.2 Å². The van der Waals surface area contributed by atoms with Crippen molar-refractivity contribution in [3.63, 3.8) is 0 Å². The van der Waals surface area contributed by atoms with Gasteiger partial charge < -0.3 is 25.2 Å². The third kappa shape index (κ3) is 39.4. The van der Waals surface area contributed by atoms with E-state index in [-0.39, 0.29) is 32.6 Å². The molecule has 0 aliphatic rings. The van der Waals surface area contributed by atoms with Gasteiger partial charge in [-0.25, -0.2) is 4.57 Å². The lowest BCUT2D eigenvalue weighted by atomic mass is 10.1. The number of rotatable bonds is 38. The summed E-state index contributed by atoms with van der Waals surface area (Å²) in [7, 11) is -4.41. The Morgan fingerprint density at radius 1 is 0.643 bits per heavy atom. The third-order valence-electron chi connectivity index (χ3n) is 8.36. The van der Waals surface area contributed by atoms with E-state index < -0.39 is 38.6 Å². The molecule has 0 fully saturated rings. The van der Waals surface area contributed by atoms with Gasteiger partial charge in [0.2, 0.25) is 0 Å². The fourth-order valence-corrected chi connectivity index (χ4v) is 5.97. The molecule has 3 atom stereocenters. The monoisotopic (exact) mass is 806 g/mol. The van der Waals surface area contributed by atoms with Crippen LogP contribution in [0.25, 0.3) is 0 Å². The number of phosphoric ester groups is 1. The second-order valence-corrected chi connectivity index (χ2v) is 15.1. The zero-order valence-electron chi connectivity index (χ0n) is 34.7. The standard InChI is InChI=1S/C45H76NO9P/c1-3-5-7-8-9-10-11-12-13-16-20-23-26-29-33-37-45(49)55-43(41-54-56(50,51)53-39-38-46)40-52-44(48)36-32-28-25-22-19-17-14-15-18-21-24-27-31-35-42(47)34-30-6-4-2/h6,10-11,15,17-19,24-25,27-28,30-31,35,42-43,47H,3-5,7-9,12-14,16,20-23,26,29,32-34,36-41,46H2,1-2H3,(H,50,51)/b11-10-,18-15-,19-17-,27-24+,28-25-,30-6-,35-31+/t42?,43-/m1/s1. The van der Waals surface area contributed by atoms with Gasteiger partial charge in [-0.3, -0.25) is 18.6 Å². The Morgan fingerprint density at radius 3 is 1.88 bits per heavy atom. The smallest absolute Gasteiger partial charge is 0.462 e. The van der Waals surface area contributed by atoms with Crippen LogP contribution in [0.5, 0.6) is 0 Å². The Kier molecular flexibility index (Phi) is 38.3. The summed E-state index contributed by atoms with van der Waals surface area (Å²) in [5, 5.41) is 9.83. The van der Waals surface area contributed by atoms with E-state index in [0.29, 0.717) is 19.3 Å². The predicted octanol–water partition coefficient (Wildman–Crippen LogP) is 11.0. The largest absolute Gasteiger partial charge is 0.472 e. The molecule has 0 aliphatic carbocycles. The Labute approximate surface area is 339 Å². The first-order valence-corrected chi connectivity index (χ1v) is 22.7. The average molecular weight is 806 g/mol. The van der Waals surface area contributed by atoms with Crippen LogP contribution in [-0.2, 0) is 32.7 Å². The van der Waals surface area contributed by atoms with E-state index in [1.807, 2.05) is 42.5 Å². The normalized spacial score (nSPS) is 14.7. The summed E-state index contributed by atoms with van der Waals surface area (Å²) in [5.74, 6) is -0.961. The number of hydrogen-bond acceptors (Lipinski definition) is 9. The summed E-state index contributed by atoms with van der Waals surface area (Å²) in [6, 6.07) is 0. The second-order valence-electron chi connectivity index (χ2n) is 13.7.